The molecule has 2 N–H and O–H groups in total. The molecule has 1 aliphatic heterocycles. The third-order valence-corrected chi connectivity index (χ3v) is 4.32. The average Bonchev–Trinajstić information content (AvgIpc) is 3.02. The summed E-state index contributed by atoms with van der Waals surface area (Å²) in [4.78, 5) is 42.9. The van der Waals surface area contributed by atoms with Crippen LogP contribution in [0.25, 0.3) is 11.2 Å². The fourth-order valence-electron chi connectivity index (χ4n) is 3.05. The molecular formula is C16H20N6O4. The van der Waals surface area contributed by atoms with Crippen LogP contribution in [0.1, 0.15) is 6.92 Å². The first-order chi connectivity index (χ1) is 12.5. The number of imidazole rings is 1. The van der Waals surface area contributed by atoms with E-state index >= 15 is 0 Å². The second-order valence-electron chi connectivity index (χ2n) is 5.96. The highest BCUT2D eigenvalue weighted by molar-refractivity contribution is 5.75. The minimum absolute atomic E-state index is 0.185. The monoisotopic (exact) mass is 360 g/mol. The Labute approximate surface area is 148 Å². The highest BCUT2D eigenvalue weighted by Crippen LogP contribution is 2.19. The smallest absolute Gasteiger partial charge is 0.333 e. The van der Waals surface area contributed by atoms with Crippen LogP contribution in [0.3, 0.4) is 0 Å². The van der Waals surface area contributed by atoms with Crippen LogP contribution < -0.4 is 21.5 Å². The van der Waals surface area contributed by atoms with E-state index in [1.807, 2.05) is 4.90 Å². The molecule has 0 aliphatic carbocycles. The fraction of sp³-hybridized carbons (Fsp3) is 0.500. The van der Waals surface area contributed by atoms with E-state index in [0.29, 0.717) is 23.6 Å². The van der Waals surface area contributed by atoms with Crippen LogP contribution >= 0.6 is 0 Å². The van der Waals surface area contributed by atoms with Crippen molar-refractivity contribution in [3.63, 3.8) is 0 Å². The number of aryl methyl sites for hydroxylation is 1. The number of carbonyl (C=O) groups is 1. The molecule has 0 aromatic carbocycles. The van der Waals surface area contributed by atoms with E-state index in [-0.39, 0.29) is 17.7 Å². The third-order valence-electron chi connectivity index (χ3n) is 4.32. The van der Waals surface area contributed by atoms with Crippen LogP contribution in [0.5, 0.6) is 0 Å². The number of rotatable bonds is 4. The maximum atomic E-state index is 12.9. The molecule has 3 rings (SSSR count). The first-order valence-corrected chi connectivity index (χ1v) is 8.22. The topological polar surface area (TPSA) is 114 Å². The van der Waals surface area contributed by atoms with E-state index in [1.54, 1.807) is 11.5 Å². The molecule has 1 aliphatic rings. The minimum Gasteiger partial charge on any atom is -0.480 e. The Morgan fingerprint density at radius 2 is 1.96 bits per heavy atom. The zero-order chi connectivity index (χ0) is 18.8. The molecule has 0 amide bonds. The van der Waals surface area contributed by atoms with Crippen molar-refractivity contribution in [2.24, 2.45) is 7.05 Å². The fourth-order valence-corrected chi connectivity index (χ4v) is 3.05. The third kappa shape index (κ3) is 2.97. The zero-order valence-electron chi connectivity index (χ0n) is 14.7. The van der Waals surface area contributed by atoms with Gasteiger partial charge in [-0.15, -0.1) is 5.92 Å². The lowest BCUT2D eigenvalue weighted by atomic mass is 10.4. The lowest BCUT2D eigenvalue weighted by molar-refractivity contribution is -0.137. The van der Waals surface area contributed by atoms with Crippen molar-refractivity contribution in [2.75, 3.05) is 31.1 Å². The Hall–Kier alpha value is -3.06. The SMILES string of the molecule is CC#CCn1c(N2CCNCC2)nc2c1c(=O)n(CC(=O)O)c(=O)n2C. The summed E-state index contributed by atoms with van der Waals surface area (Å²) in [5.74, 6) is 5.02. The number of aromatic nitrogens is 4. The van der Waals surface area contributed by atoms with Gasteiger partial charge < -0.3 is 15.3 Å². The summed E-state index contributed by atoms with van der Waals surface area (Å²) in [6, 6.07) is 0. The average molecular weight is 360 g/mol. The van der Waals surface area contributed by atoms with Crippen LogP contribution in [0.2, 0.25) is 0 Å². The Balaban J connectivity index is 2.32. The molecule has 0 saturated carbocycles. The summed E-state index contributed by atoms with van der Waals surface area (Å²) in [6.07, 6.45) is 0. The number of nitrogens with one attached hydrogen (secondary N) is 1. The van der Waals surface area contributed by atoms with E-state index in [0.717, 1.165) is 13.1 Å². The molecule has 2 aromatic heterocycles. The summed E-state index contributed by atoms with van der Waals surface area (Å²) < 4.78 is 3.59. The summed E-state index contributed by atoms with van der Waals surface area (Å²) in [6.45, 7) is 4.21. The number of piperazine rings is 1. The van der Waals surface area contributed by atoms with Gasteiger partial charge >= 0.3 is 11.7 Å². The summed E-state index contributed by atoms with van der Waals surface area (Å²) in [5, 5.41) is 12.3. The van der Waals surface area contributed by atoms with Gasteiger partial charge in [0.1, 0.15) is 6.54 Å². The van der Waals surface area contributed by atoms with Crippen molar-refractivity contribution in [3.05, 3.63) is 20.8 Å². The molecule has 10 heteroatoms. The number of nitrogens with zero attached hydrogens (tertiary/aromatic N) is 5. The van der Waals surface area contributed by atoms with Crippen molar-refractivity contribution < 1.29 is 9.90 Å². The lowest BCUT2D eigenvalue weighted by Gasteiger charge is -2.28. The molecule has 10 nitrogen and oxygen atoms in total. The number of carboxylic acids is 1. The van der Waals surface area contributed by atoms with Gasteiger partial charge in [-0.1, -0.05) is 5.92 Å². The van der Waals surface area contributed by atoms with Crippen molar-refractivity contribution >= 4 is 23.1 Å². The second kappa shape index (κ2) is 7.05. The Morgan fingerprint density at radius 3 is 2.58 bits per heavy atom. The van der Waals surface area contributed by atoms with Crippen LogP contribution in [0.15, 0.2) is 9.59 Å². The molecule has 138 valence electrons. The lowest BCUT2D eigenvalue weighted by Crippen LogP contribution is -2.44. The van der Waals surface area contributed by atoms with Gasteiger partial charge in [-0.3, -0.25) is 18.7 Å². The number of anilines is 1. The Kier molecular flexibility index (Phi) is 4.81. The first-order valence-electron chi connectivity index (χ1n) is 8.22. The first kappa shape index (κ1) is 17.8. The van der Waals surface area contributed by atoms with E-state index in [2.05, 4.69) is 22.1 Å². The molecule has 0 radical (unpaired) electrons. The second-order valence-corrected chi connectivity index (χ2v) is 5.96. The number of carboxylic acid groups (broad SMARTS) is 1. The van der Waals surface area contributed by atoms with Crippen molar-refractivity contribution in [2.45, 2.75) is 20.0 Å². The number of aliphatic carboxylic acids is 1. The van der Waals surface area contributed by atoms with Gasteiger partial charge in [0, 0.05) is 33.2 Å². The number of hydrogen-bond acceptors (Lipinski definition) is 6. The van der Waals surface area contributed by atoms with Gasteiger partial charge in [0.2, 0.25) is 5.95 Å². The standard InChI is InChI=1S/C16H20N6O4/c1-3-4-7-21-12-13(18-15(21)20-8-5-17-6-9-20)19(2)16(26)22(14(12)25)10-11(23)24/h17H,5-10H2,1-2H3,(H,23,24). The zero-order valence-corrected chi connectivity index (χ0v) is 14.7. The number of fused-ring (bicyclic) bond motifs is 1. The molecule has 0 atom stereocenters. The maximum Gasteiger partial charge on any atom is 0.333 e. The molecule has 0 unspecified atom stereocenters. The maximum absolute atomic E-state index is 12.9. The summed E-state index contributed by atoms with van der Waals surface area (Å²) in [7, 11) is 1.48. The molecule has 1 fully saturated rings. The molecule has 3 heterocycles. The van der Waals surface area contributed by atoms with E-state index in [1.165, 1.54) is 11.6 Å². The van der Waals surface area contributed by atoms with Crippen LogP contribution in [-0.2, 0) is 24.9 Å². The molecule has 2 aromatic rings. The van der Waals surface area contributed by atoms with Gasteiger partial charge in [-0.2, -0.15) is 4.98 Å². The van der Waals surface area contributed by atoms with Gasteiger partial charge in [0.15, 0.2) is 11.2 Å². The molecule has 1 saturated heterocycles. The van der Waals surface area contributed by atoms with Gasteiger partial charge in [0.25, 0.3) is 5.56 Å². The molecule has 26 heavy (non-hydrogen) atoms. The van der Waals surface area contributed by atoms with E-state index < -0.39 is 23.8 Å². The predicted molar refractivity (Wildman–Crippen MR) is 95.4 cm³/mol. The quantitative estimate of drug-likeness (QED) is 0.632. The van der Waals surface area contributed by atoms with Crippen LogP contribution in [0, 0.1) is 11.8 Å². The molecular weight excluding hydrogens is 340 g/mol. The highest BCUT2D eigenvalue weighted by Gasteiger charge is 2.24. The summed E-state index contributed by atoms with van der Waals surface area (Å²) >= 11 is 0. The van der Waals surface area contributed by atoms with Crippen molar-refractivity contribution in [1.82, 2.24) is 24.0 Å². The molecule has 0 spiro atoms. The van der Waals surface area contributed by atoms with Crippen LogP contribution in [0.4, 0.5) is 5.95 Å². The largest absolute Gasteiger partial charge is 0.480 e. The van der Waals surface area contributed by atoms with E-state index in [9.17, 15) is 14.4 Å². The summed E-state index contributed by atoms with van der Waals surface area (Å²) in [5.41, 5.74) is -0.960. The van der Waals surface area contributed by atoms with Crippen molar-refractivity contribution in [1.29, 1.82) is 0 Å². The van der Waals surface area contributed by atoms with Crippen molar-refractivity contribution in [3.8, 4) is 11.8 Å². The minimum atomic E-state index is -1.26. The van der Waals surface area contributed by atoms with Crippen LogP contribution in [-0.4, -0.2) is 55.9 Å². The van der Waals surface area contributed by atoms with E-state index in [4.69, 9.17) is 5.11 Å². The predicted octanol–water partition coefficient (Wildman–Crippen LogP) is -1.59. The number of hydrogen-bond donors (Lipinski definition) is 2. The van der Waals surface area contributed by atoms with Gasteiger partial charge in [-0.05, 0) is 6.92 Å². The highest BCUT2D eigenvalue weighted by atomic mass is 16.4. The Morgan fingerprint density at radius 1 is 1.27 bits per heavy atom. The Bertz CT molecular complexity index is 1030. The normalized spacial score (nSPS) is 14.3. The van der Waals surface area contributed by atoms with Gasteiger partial charge in [-0.25, -0.2) is 9.36 Å². The van der Waals surface area contributed by atoms with Gasteiger partial charge in [0.05, 0.1) is 6.54 Å². The molecule has 0 bridgehead atoms.